The van der Waals surface area contributed by atoms with Crippen molar-refractivity contribution >= 4 is 28.7 Å². The van der Waals surface area contributed by atoms with Crippen LogP contribution >= 0.6 is 12.2 Å². The third-order valence-electron chi connectivity index (χ3n) is 4.55. The van der Waals surface area contributed by atoms with Crippen molar-refractivity contribution < 1.29 is 4.39 Å². The van der Waals surface area contributed by atoms with E-state index in [-0.39, 0.29) is 5.82 Å². The van der Waals surface area contributed by atoms with E-state index in [0.717, 1.165) is 29.8 Å². The van der Waals surface area contributed by atoms with Crippen molar-refractivity contribution in [2.45, 2.75) is 39.7 Å². The number of nitrogens with one attached hydrogen (secondary N) is 1. The van der Waals surface area contributed by atoms with Crippen LogP contribution < -0.4 is 10.2 Å². The molecule has 2 aromatic carbocycles. The summed E-state index contributed by atoms with van der Waals surface area (Å²) in [5, 5.41) is 3.99. The number of hydrogen-bond acceptors (Lipinski definition) is 1. The summed E-state index contributed by atoms with van der Waals surface area (Å²) in [6, 6.07) is 11.5. The summed E-state index contributed by atoms with van der Waals surface area (Å²) in [7, 11) is 0. The van der Waals surface area contributed by atoms with E-state index < -0.39 is 0 Å². The first kappa shape index (κ1) is 15.9. The lowest BCUT2D eigenvalue weighted by atomic mass is 9.97. The number of hydrogen-bond donors (Lipinski definition) is 1. The monoisotopic (exact) mass is 328 g/mol. The Kier molecular flexibility index (Phi) is 4.35. The highest BCUT2D eigenvalue weighted by Gasteiger charge is 2.26. The minimum atomic E-state index is -0.189. The van der Waals surface area contributed by atoms with Crippen LogP contribution in [-0.4, -0.2) is 11.2 Å². The molecule has 1 N–H and O–H groups in total. The maximum absolute atomic E-state index is 13.5. The highest BCUT2D eigenvalue weighted by Crippen LogP contribution is 2.32. The van der Waals surface area contributed by atoms with Gasteiger partial charge in [0.2, 0.25) is 0 Å². The Morgan fingerprint density at radius 1 is 1.17 bits per heavy atom. The van der Waals surface area contributed by atoms with E-state index in [1.165, 1.54) is 17.2 Å². The quantitative estimate of drug-likeness (QED) is 0.743. The largest absolute Gasteiger partial charge is 0.332 e. The predicted octanol–water partition coefficient (Wildman–Crippen LogP) is 4.98. The van der Waals surface area contributed by atoms with E-state index in [1.54, 1.807) is 6.07 Å². The molecule has 2 nitrogen and oxygen atoms in total. The second kappa shape index (κ2) is 6.28. The molecule has 1 aliphatic rings. The number of thiocarbonyl (C=S) groups is 1. The molecule has 0 bridgehead atoms. The fourth-order valence-corrected chi connectivity index (χ4v) is 3.43. The van der Waals surface area contributed by atoms with Gasteiger partial charge in [-0.25, -0.2) is 4.39 Å². The van der Waals surface area contributed by atoms with Gasteiger partial charge in [-0.15, -0.1) is 0 Å². The molecule has 1 unspecified atom stereocenters. The van der Waals surface area contributed by atoms with Crippen molar-refractivity contribution in [2.24, 2.45) is 0 Å². The summed E-state index contributed by atoms with van der Waals surface area (Å²) >= 11 is 5.64. The first-order valence-electron chi connectivity index (χ1n) is 7.91. The number of halogens is 1. The summed E-state index contributed by atoms with van der Waals surface area (Å²) in [5.74, 6) is -0.189. The van der Waals surface area contributed by atoms with Gasteiger partial charge < -0.3 is 10.2 Å². The van der Waals surface area contributed by atoms with Crippen LogP contribution in [0.2, 0.25) is 0 Å². The Morgan fingerprint density at radius 2 is 1.96 bits per heavy atom. The van der Waals surface area contributed by atoms with Crippen LogP contribution in [0.15, 0.2) is 36.4 Å². The van der Waals surface area contributed by atoms with E-state index in [4.69, 9.17) is 12.2 Å². The van der Waals surface area contributed by atoms with Crippen molar-refractivity contribution in [1.29, 1.82) is 0 Å². The van der Waals surface area contributed by atoms with Crippen molar-refractivity contribution in [3.63, 3.8) is 0 Å². The normalized spacial score (nSPS) is 16.9. The number of rotatable bonds is 1. The topological polar surface area (TPSA) is 15.3 Å². The average molecular weight is 328 g/mol. The Labute approximate surface area is 142 Å². The van der Waals surface area contributed by atoms with Gasteiger partial charge >= 0.3 is 0 Å². The van der Waals surface area contributed by atoms with Gasteiger partial charge in [0.1, 0.15) is 5.82 Å². The molecule has 0 amide bonds. The van der Waals surface area contributed by atoms with Gasteiger partial charge in [-0.3, -0.25) is 0 Å². The molecule has 1 aliphatic heterocycles. The molecule has 1 heterocycles. The third kappa shape index (κ3) is 3.22. The fraction of sp³-hybridized carbons (Fsp3) is 0.316. The highest BCUT2D eigenvalue weighted by molar-refractivity contribution is 7.80. The number of anilines is 2. The third-order valence-corrected chi connectivity index (χ3v) is 4.85. The van der Waals surface area contributed by atoms with E-state index in [1.807, 2.05) is 12.1 Å². The van der Waals surface area contributed by atoms with Crippen LogP contribution in [0.5, 0.6) is 0 Å². The minimum Gasteiger partial charge on any atom is -0.332 e. The summed E-state index contributed by atoms with van der Waals surface area (Å²) in [5.41, 5.74) is 5.50. The van der Waals surface area contributed by atoms with Gasteiger partial charge in [0.05, 0.1) is 0 Å². The standard InChI is InChI=1S/C19H21FN2S/c1-12-4-8-17(10-13(12)2)21-19(23)22-14(3)5-6-15-11-16(20)7-9-18(15)22/h4,7-11,14H,5-6H2,1-3H3,(H,21,23). The Morgan fingerprint density at radius 3 is 2.70 bits per heavy atom. The van der Waals surface area contributed by atoms with Gasteiger partial charge in [-0.05, 0) is 92.9 Å². The molecule has 4 heteroatoms. The summed E-state index contributed by atoms with van der Waals surface area (Å²) in [6.45, 7) is 6.33. The first-order valence-corrected chi connectivity index (χ1v) is 8.32. The van der Waals surface area contributed by atoms with Gasteiger partial charge in [-0.1, -0.05) is 6.07 Å². The molecule has 0 saturated carbocycles. The van der Waals surface area contributed by atoms with Gasteiger partial charge in [0.15, 0.2) is 5.11 Å². The fourth-order valence-electron chi connectivity index (χ4n) is 3.03. The minimum absolute atomic E-state index is 0.189. The number of nitrogens with zero attached hydrogens (tertiary/aromatic N) is 1. The Bertz CT molecular complexity index is 757. The summed E-state index contributed by atoms with van der Waals surface area (Å²) in [6.07, 6.45) is 1.85. The van der Waals surface area contributed by atoms with Crippen LogP contribution in [0.25, 0.3) is 0 Å². The molecule has 3 rings (SSSR count). The highest BCUT2D eigenvalue weighted by atomic mass is 32.1. The van der Waals surface area contributed by atoms with Gasteiger partial charge in [-0.2, -0.15) is 0 Å². The molecule has 0 aromatic heterocycles. The molecule has 0 aliphatic carbocycles. The van der Waals surface area contributed by atoms with Crippen LogP contribution in [0, 0.1) is 19.7 Å². The predicted molar refractivity (Wildman–Crippen MR) is 98.8 cm³/mol. The molecular weight excluding hydrogens is 307 g/mol. The molecule has 0 radical (unpaired) electrons. The number of aryl methyl sites for hydroxylation is 3. The summed E-state index contributed by atoms with van der Waals surface area (Å²) < 4.78 is 13.5. The Hall–Kier alpha value is -1.94. The van der Waals surface area contributed by atoms with Crippen molar-refractivity contribution in [3.8, 4) is 0 Å². The van der Waals surface area contributed by atoms with E-state index in [0.29, 0.717) is 11.2 Å². The maximum Gasteiger partial charge on any atom is 0.178 e. The van der Waals surface area contributed by atoms with E-state index in [2.05, 4.69) is 43.1 Å². The van der Waals surface area contributed by atoms with Crippen LogP contribution in [-0.2, 0) is 6.42 Å². The van der Waals surface area contributed by atoms with Crippen LogP contribution in [0.1, 0.15) is 30.0 Å². The zero-order chi connectivity index (χ0) is 16.6. The lowest BCUT2D eigenvalue weighted by molar-refractivity contribution is 0.604. The van der Waals surface area contributed by atoms with Crippen molar-refractivity contribution in [1.82, 2.24) is 0 Å². The molecule has 0 spiro atoms. The van der Waals surface area contributed by atoms with Gasteiger partial charge in [0, 0.05) is 17.4 Å². The molecule has 0 fully saturated rings. The van der Waals surface area contributed by atoms with Crippen molar-refractivity contribution in [3.05, 3.63) is 58.9 Å². The van der Waals surface area contributed by atoms with Crippen LogP contribution in [0.4, 0.5) is 15.8 Å². The van der Waals surface area contributed by atoms with E-state index >= 15 is 0 Å². The molecule has 120 valence electrons. The van der Waals surface area contributed by atoms with Crippen molar-refractivity contribution in [2.75, 3.05) is 10.2 Å². The second-order valence-electron chi connectivity index (χ2n) is 6.26. The zero-order valence-electron chi connectivity index (χ0n) is 13.7. The van der Waals surface area contributed by atoms with Crippen LogP contribution in [0.3, 0.4) is 0 Å². The van der Waals surface area contributed by atoms with E-state index in [9.17, 15) is 4.39 Å². The molecule has 23 heavy (non-hydrogen) atoms. The van der Waals surface area contributed by atoms with Gasteiger partial charge in [0.25, 0.3) is 0 Å². The molecule has 2 aromatic rings. The lowest BCUT2D eigenvalue weighted by Crippen LogP contribution is -2.44. The number of fused-ring (bicyclic) bond motifs is 1. The maximum atomic E-state index is 13.5. The molecule has 0 saturated heterocycles. The first-order chi connectivity index (χ1) is 11.0. The second-order valence-corrected chi connectivity index (χ2v) is 6.65. The smallest absolute Gasteiger partial charge is 0.178 e. The lowest BCUT2D eigenvalue weighted by Gasteiger charge is -2.37. The number of benzene rings is 2. The average Bonchev–Trinajstić information content (AvgIpc) is 2.51. The molecular formula is C19H21FN2S. The Balaban J connectivity index is 1.88. The SMILES string of the molecule is Cc1ccc(NC(=S)N2c3ccc(F)cc3CCC2C)cc1C. The molecule has 1 atom stereocenters. The zero-order valence-corrected chi connectivity index (χ0v) is 14.5. The summed E-state index contributed by atoms with van der Waals surface area (Å²) in [4.78, 5) is 2.10.